The Labute approximate surface area is 122 Å². The smallest absolute Gasteiger partial charge is 0.0833 e. The van der Waals surface area contributed by atoms with E-state index >= 15 is 0 Å². The molecule has 2 N–H and O–H groups in total. The van der Waals surface area contributed by atoms with E-state index in [1.54, 1.807) is 0 Å². The van der Waals surface area contributed by atoms with Gasteiger partial charge >= 0.3 is 0 Å². The zero-order valence-corrected chi connectivity index (χ0v) is 13.3. The minimum Gasteiger partial charge on any atom is -0.373 e. The molecule has 1 saturated heterocycles. The lowest BCUT2D eigenvalue weighted by Gasteiger charge is -2.35. The molecule has 2 atom stereocenters. The molecule has 1 aromatic rings. The van der Waals surface area contributed by atoms with E-state index < -0.39 is 0 Å². The van der Waals surface area contributed by atoms with Crippen LogP contribution in [0.1, 0.15) is 63.0 Å². The lowest BCUT2D eigenvalue weighted by atomic mass is 9.74. The number of nitrogens with zero attached hydrogens (tertiary/aromatic N) is 1. The SMILES string of the molecule is Cc1cc2c(n1CC1(C)CCCO1)CC(C)(C)CC2N. The van der Waals surface area contributed by atoms with E-state index in [1.807, 2.05) is 0 Å². The molecule has 3 rings (SSSR count). The van der Waals surface area contributed by atoms with E-state index in [4.69, 9.17) is 10.5 Å². The Morgan fingerprint density at radius 2 is 2.15 bits per heavy atom. The van der Waals surface area contributed by atoms with Gasteiger partial charge in [0.25, 0.3) is 0 Å². The normalized spacial score (nSPS) is 32.4. The fraction of sp³-hybridized carbons (Fsp3) is 0.765. The maximum absolute atomic E-state index is 6.40. The fourth-order valence-electron chi connectivity index (χ4n) is 4.02. The van der Waals surface area contributed by atoms with Crippen molar-refractivity contribution in [2.75, 3.05) is 6.61 Å². The van der Waals surface area contributed by atoms with Crippen LogP contribution in [-0.2, 0) is 17.7 Å². The number of aryl methyl sites for hydroxylation is 1. The van der Waals surface area contributed by atoms with Gasteiger partial charge in [0.15, 0.2) is 0 Å². The van der Waals surface area contributed by atoms with Gasteiger partial charge in [0, 0.05) is 24.0 Å². The minimum absolute atomic E-state index is 0.00321. The largest absolute Gasteiger partial charge is 0.373 e. The van der Waals surface area contributed by atoms with Crippen molar-refractivity contribution in [3.63, 3.8) is 0 Å². The number of fused-ring (bicyclic) bond motifs is 1. The Hall–Kier alpha value is -0.800. The van der Waals surface area contributed by atoms with Crippen LogP contribution < -0.4 is 5.73 Å². The molecule has 0 amide bonds. The third-order valence-corrected chi connectivity index (χ3v) is 5.06. The maximum atomic E-state index is 6.40. The van der Waals surface area contributed by atoms with Crippen molar-refractivity contribution < 1.29 is 4.74 Å². The molecule has 112 valence electrons. The monoisotopic (exact) mass is 276 g/mol. The van der Waals surface area contributed by atoms with Gasteiger partial charge in [-0.3, -0.25) is 0 Å². The first-order valence-corrected chi connectivity index (χ1v) is 7.88. The van der Waals surface area contributed by atoms with E-state index in [0.717, 1.165) is 32.4 Å². The Bertz CT molecular complexity index is 509. The molecule has 0 radical (unpaired) electrons. The van der Waals surface area contributed by atoms with Gasteiger partial charge in [0.05, 0.1) is 12.1 Å². The molecule has 2 aliphatic rings. The molecule has 0 saturated carbocycles. The van der Waals surface area contributed by atoms with Crippen molar-refractivity contribution >= 4 is 0 Å². The van der Waals surface area contributed by atoms with Gasteiger partial charge in [-0.15, -0.1) is 0 Å². The Morgan fingerprint density at radius 3 is 2.80 bits per heavy atom. The molecule has 20 heavy (non-hydrogen) atoms. The lowest BCUT2D eigenvalue weighted by molar-refractivity contribution is 0.00490. The lowest BCUT2D eigenvalue weighted by Crippen LogP contribution is -2.34. The predicted molar refractivity (Wildman–Crippen MR) is 81.8 cm³/mol. The summed E-state index contributed by atoms with van der Waals surface area (Å²) in [5.41, 5.74) is 10.8. The summed E-state index contributed by atoms with van der Waals surface area (Å²) in [5, 5.41) is 0. The van der Waals surface area contributed by atoms with Crippen molar-refractivity contribution in [1.82, 2.24) is 4.57 Å². The van der Waals surface area contributed by atoms with Gasteiger partial charge in [-0.1, -0.05) is 13.8 Å². The first kappa shape index (κ1) is 14.2. The van der Waals surface area contributed by atoms with Crippen LogP contribution >= 0.6 is 0 Å². The van der Waals surface area contributed by atoms with Crippen molar-refractivity contribution in [2.45, 2.75) is 71.6 Å². The van der Waals surface area contributed by atoms with Crippen molar-refractivity contribution in [2.24, 2.45) is 11.1 Å². The molecule has 0 spiro atoms. The van der Waals surface area contributed by atoms with Gasteiger partial charge in [-0.05, 0) is 56.6 Å². The quantitative estimate of drug-likeness (QED) is 0.900. The van der Waals surface area contributed by atoms with E-state index in [1.165, 1.54) is 23.4 Å². The summed E-state index contributed by atoms with van der Waals surface area (Å²) in [6.07, 6.45) is 4.55. The van der Waals surface area contributed by atoms with E-state index in [9.17, 15) is 0 Å². The van der Waals surface area contributed by atoms with Gasteiger partial charge in [0.2, 0.25) is 0 Å². The van der Waals surface area contributed by atoms with Crippen molar-refractivity contribution in [1.29, 1.82) is 0 Å². The molecule has 0 bridgehead atoms. The first-order valence-electron chi connectivity index (χ1n) is 7.88. The molecule has 1 aliphatic heterocycles. The Morgan fingerprint density at radius 1 is 1.40 bits per heavy atom. The second kappa shape index (κ2) is 4.60. The molecule has 0 aromatic carbocycles. The molecule has 2 unspecified atom stereocenters. The Kier molecular flexibility index (Phi) is 3.26. The van der Waals surface area contributed by atoms with Crippen LogP contribution in [0.3, 0.4) is 0 Å². The number of aromatic nitrogens is 1. The average Bonchev–Trinajstić information content (AvgIpc) is 2.86. The summed E-state index contributed by atoms with van der Waals surface area (Å²) >= 11 is 0. The summed E-state index contributed by atoms with van der Waals surface area (Å²) in [7, 11) is 0. The van der Waals surface area contributed by atoms with Gasteiger partial charge < -0.3 is 15.0 Å². The second-order valence-electron chi connectivity index (χ2n) is 7.83. The highest BCUT2D eigenvalue weighted by Gasteiger charge is 2.36. The second-order valence-corrected chi connectivity index (χ2v) is 7.83. The maximum Gasteiger partial charge on any atom is 0.0833 e. The zero-order valence-electron chi connectivity index (χ0n) is 13.3. The number of nitrogens with two attached hydrogens (primary N) is 1. The third kappa shape index (κ3) is 2.42. The van der Waals surface area contributed by atoms with Crippen LogP contribution in [-0.4, -0.2) is 16.8 Å². The molecule has 2 heterocycles. The number of hydrogen-bond acceptors (Lipinski definition) is 2. The van der Waals surface area contributed by atoms with Gasteiger partial charge in [0.1, 0.15) is 0 Å². The average molecular weight is 276 g/mol. The molecular weight excluding hydrogens is 248 g/mol. The molecular formula is C17H28N2O. The first-order chi connectivity index (χ1) is 9.30. The fourth-order valence-corrected chi connectivity index (χ4v) is 4.02. The van der Waals surface area contributed by atoms with E-state index in [-0.39, 0.29) is 11.6 Å². The van der Waals surface area contributed by atoms with Crippen LogP contribution in [0.15, 0.2) is 6.07 Å². The number of rotatable bonds is 2. The topological polar surface area (TPSA) is 40.2 Å². The van der Waals surface area contributed by atoms with E-state index in [2.05, 4.69) is 38.3 Å². The van der Waals surface area contributed by atoms with Crippen LogP contribution in [0.25, 0.3) is 0 Å². The predicted octanol–water partition coefficient (Wildman–Crippen LogP) is 3.34. The Balaban J connectivity index is 1.96. The molecule has 1 aliphatic carbocycles. The highest BCUT2D eigenvalue weighted by molar-refractivity contribution is 5.34. The summed E-state index contributed by atoms with van der Waals surface area (Å²) < 4.78 is 8.46. The number of hydrogen-bond donors (Lipinski definition) is 1. The van der Waals surface area contributed by atoms with E-state index in [0.29, 0.717) is 5.41 Å². The third-order valence-electron chi connectivity index (χ3n) is 5.06. The van der Waals surface area contributed by atoms with Crippen LogP contribution in [0, 0.1) is 12.3 Å². The minimum atomic E-state index is 0.00321. The van der Waals surface area contributed by atoms with Crippen molar-refractivity contribution in [3.05, 3.63) is 23.0 Å². The van der Waals surface area contributed by atoms with Crippen molar-refractivity contribution in [3.8, 4) is 0 Å². The summed E-state index contributed by atoms with van der Waals surface area (Å²) in [6, 6.07) is 2.49. The molecule has 1 aromatic heterocycles. The molecule has 3 nitrogen and oxygen atoms in total. The number of ether oxygens (including phenoxy) is 1. The summed E-state index contributed by atoms with van der Waals surface area (Å²) in [4.78, 5) is 0. The van der Waals surface area contributed by atoms with Crippen LogP contribution in [0.4, 0.5) is 0 Å². The standard InChI is InChI=1S/C17H28N2O/c1-12-8-13-14(18)9-16(2,3)10-15(13)19(12)11-17(4)6-5-7-20-17/h8,14H,5-7,9-11,18H2,1-4H3. The van der Waals surface area contributed by atoms with Gasteiger partial charge in [-0.2, -0.15) is 0 Å². The van der Waals surface area contributed by atoms with Crippen LogP contribution in [0.5, 0.6) is 0 Å². The molecule has 3 heteroatoms. The highest BCUT2D eigenvalue weighted by atomic mass is 16.5. The van der Waals surface area contributed by atoms with Gasteiger partial charge in [-0.25, -0.2) is 0 Å². The summed E-state index contributed by atoms with van der Waals surface area (Å²) in [6.45, 7) is 11.0. The zero-order chi connectivity index (χ0) is 14.5. The highest BCUT2D eigenvalue weighted by Crippen LogP contribution is 2.41. The van der Waals surface area contributed by atoms with Crippen LogP contribution in [0.2, 0.25) is 0 Å². The molecule has 1 fully saturated rings. The summed E-state index contributed by atoms with van der Waals surface area (Å²) in [5.74, 6) is 0.